The lowest BCUT2D eigenvalue weighted by atomic mass is 9.96. The van der Waals surface area contributed by atoms with Crippen molar-refractivity contribution in [2.75, 3.05) is 20.8 Å². The number of para-hydroxylation sites is 2. The number of nitrogens with one attached hydrogen (secondary N) is 1. The van der Waals surface area contributed by atoms with E-state index in [0.29, 0.717) is 42.0 Å². The molecule has 1 aromatic heterocycles. The van der Waals surface area contributed by atoms with E-state index in [0.717, 1.165) is 16.7 Å². The van der Waals surface area contributed by atoms with E-state index in [4.69, 9.17) is 18.6 Å². The molecule has 0 spiro atoms. The summed E-state index contributed by atoms with van der Waals surface area (Å²) >= 11 is 0. The molecule has 2 heterocycles. The van der Waals surface area contributed by atoms with Gasteiger partial charge < -0.3 is 29.1 Å². The molecule has 1 amide bonds. The molecule has 0 aliphatic carbocycles. The number of carboxylic acid groups (broad SMARTS) is 1. The van der Waals surface area contributed by atoms with E-state index in [-0.39, 0.29) is 12.3 Å². The lowest BCUT2D eigenvalue weighted by molar-refractivity contribution is -0.151. The highest BCUT2D eigenvalue weighted by molar-refractivity contribution is 5.90. The Morgan fingerprint density at radius 2 is 1.74 bits per heavy atom. The van der Waals surface area contributed by atoms with Gasteiger partial charge in [-0.25, -0.2) is 9.78 Å². The predicted molar refractivity (Wildman–Crippen MR) is 139 cm³/mol. The van der Waals surface area contributed by atoms with Crippen LogP contribution >= 0.6 is 0 Å². The van der Waals surface area contributed by atoms with Crippen LogP contribution in [0.25, 0.3) is 22.2 Å². The van der Waals surface area contributed by atoms with Crippen LogP contribution in [0.15, 0.2) is 71.1 Å². The van der Waals surface area contributed by atoms with Crippen LogP contribution in [-0.4, -0.2) is 48.8 Å². The lowest BCUT2D eigenvalue weighted by Crippen LogP contribution is -2.51. The third-order valence-electron chi connectivity index (χ3n) is 6.74. The van der Waals surface area contributed by atoms with Gasteiger partial charge in [-0.2, -0.15) is 0 Å². The zero-order chi connectivity index (χ0) is 26.7. The van der Waals surface area contributed by atoms with Crippen molar-refractivity contribution in [2.45, 2.75) is 30.9 Å². The molecule has 0 saturated carbocycles. The maximum Gasteiger partial charge on any atom is 0.326 e. The summed E-state index contributed by atoms with van der Waals surface area (Å²) in [5.74, 6) is -0.278. The number of aromatic nitrogens is 1. The number of rotatable bonds is 9. The van der Waals surface area contributed by atoms with Gasteiger partial charge in [-0.05, 0) is 48.2 Å². The molecule has 1 aliphatic heterocycles. The van der Waals surface area contributed by atoms with E-state index in [1.807, 2.05) is 54.6 Å². The third kappa shape index (κ3) is 4.68. The van der Waals surface area contributed by atoms with Crippen LogP contribution in [0.1, 0.15) is 24.3 Å². The number of nitrogens with zero attached hydrogens (tertiary/aromatic N) is 1. The summed E-state index contributed by atoms with van der Waals surface area (Å²) in [5.41, 5.74) is 2.05. The molecular weight excluding hydrogens is 488 g/mol. The largest absolute Gasteiger partial charge is 0.496 e. The molecule has 5 rings (SSSR count). The SMILES string of the molecule is COc1cccc(OC)c1-c1ccc(C[C@H](NC(=O)[C@@]2(c3nc4ccccc4o3)CCCO2)C(=O)O)cc1. The van der Waals surface area contributed by atoms with Gasteiger partial charge in [-0.3, -0.25) is 4.79 Å². The van der Waals surface area contributed by atoms with E-state index in [1.54, 1.807) is 26.4 Å². The second-order valence-corrected chi connectivity index (χ2v) is 9.07. The molecule has 0 bridgehead atoms. The van der Waals surface area contributed by atoms with Gasteiger partial charge in [-0.15, -0.1) is 0 Å². The fraction of sp³-hybridized carbons (Fsp3) is 0.276. The molecule has 2 N–H and O–H groups in total. The minimum absolute atomic E-state index is 0.0774. The molecule has 9 heteroatoms. The molecule has 1 aliphatic rings. The van der Waals surface area contributed by atoms with Crippen LogP contribution < -0.4 is 14.8 Å². The Bertz CT molecular complexity index is 1400. The number of carbonyl (C=O) groups excluding carboxylic acids is 1. The molecule has 1 fully saturated rings. The van der Waals surface area contributed by atoms with Crippen molar-refractivity contribution in [3.63, 3.8) is 0 Å². The van der Waals surface area contributed by atoms with Gasteiger partial charge in [0.2, 0.25) is 11.5 Å². The number of hydrogen-bond donors (Lipinski definition) is 2. The van der Waals surface area contributed by atoms with Crippen molar-refractivity contribution in [2.24, 2.45) is 0 Å². The molecule has 4 aromatic rings. The number of benzene rings is 3. The smallest absolute Gasteiger partial charge is 0.326 e. The Morgan fingerprint density at radius 1 is 1.03 bits per heavy atom. The van der Waals surface area contributed by atoms with Crippen LogP contribution in [0.3, 0.4) is 0 Å². The molecule has 0 unspecified atom stereocenters. The van der Waals surface area contributed by atoms with Crippen molar-refractivity contribution in [1.82, 2.24) is 10.3 Å². The van der Waals surface area contributed by atoms with Gasteiger partial charge in [0.1, 0.15) is 23.1 Å². The molecule has 3 aromatic carbocycles. The minimum atomic E-state index is -1.48. The Kier molecular flexibility index (Phi) is 7.02. The van der Waals surface area contributed by atoms with Crippen LogP contribution in [0, 0.1) is 0 Å². The van der Waals surface area contributed by atoms with E-state index < -0.39 is 23.5 Å². The number of fused-ring (bicyclic) bond motifs is 1. The van der Waals surface area contributed by atoms with E-state index >= 15 is 0 Å². The highest BCUT2D eigenvalue weighted by Crippen LogP contribution is 2.39. The van der Waals surface area contributed by atoms with Crippen LogP contribution in [0.4, 0.5) is 0 Å². The number of hydrogen-bond acceptors (Lipinski definition) is 7. The zero-order valence-electron chi connectivity index (χ0n) is 21.1. The molecule has 1 saturated heterocycles. The molecule has 9 nitrogen and oxygen atoms in total. The summed E-state index contributed by atoms with van der Waals surface area (Å²) in [7, 11) is 3.18. The monoisotopic (exact) mass is 516 g/mol. The van der Waals surface area contributed by atoms with Gasteiger partial charge in [0.25, 0.3) is 5.91 Å². The standard InChI is InChI=1S/C29H28N2O7/c1-35-23-9-5-10-24(36-2)25(23)19-13-11-18(12-14-19)17-21(26(32)33)30-27(34)29(15-6-16-37-29)28-31-20-7-3-4-8-22(20)38-28/h3-5,7-14,21H,6,15-17H2,1-2H3,(H,30,34)(H,32,33)/t21-,29+/m0/s1. The fourth-order valence-electron chi connectivity index (χ4n) is 4.78. The minimum Gasteiger partial charge on any atom is -0.496 e. The van der Waals surface area contributed by atoms with Crippen LogP contribution in [0.5, 0.6) is 11.5 Å². The number of carbonyl (C=O) groups is 2. The summed E-state index contributed by atoms with van der Waals surface area (Å²) in [6, 6.07) is 18.9. The molecule has 38 heavy (non-hydrogen) atoms. The Hall–Kier alpha value is -4.37. The fourth-order valence-corrected chi connectivity index (χ4v) is 4.78. The van der Waals surface area contributed by atoms with Crippen molar-refractivity contribution in [1.29, 1.82) is 0 Å². The average Bonchev–Trinajstić information content (AvgIpc) is 3.61. The Morgan fingerprint density at radius 3 is 2.34 bits per heavy atom. The zero-order valence-corrected chi connectivity index (χ0v) is 21.1. The van der Waals surface area contributed by atoms with Crippen molar-refractivity contribution in [3.8, 4) is 22.6 Å². The third-order valence-corrected chi connectivity index (χ3v) is 6.74. The van der Waals surface area contributed by atoms with Crippen LogP contribution in [-0.2, 0) is 26.3 Å². The highest BCUT2D eigenvalue weighted by Gasteiger charge is 2.50. The summed E-state index contributed by atoms with van der Waals surface area (Å²) in [6.07, 6.45) is 1.04. The van der Waals surface area contributed by atoms with Gasteiger partial charge in [0.05, 0.1) is 19.8 Å². The maximum absolute atomic E-state index is 13.5. The van der Waals surface area contributed by atoms with E-state index in [2.05, 4.69) is 10.3 Å². The first kappa shape index (κ1) is 25.3. The first-order chi connectivity index (χ1) is 18.4. The molecule has 0 radical (unpaired) electrons. The van der Waals surface area contributed by atoms with Crippen molar-refractivity contribution in [3.05, 3.63) is 78.2 Å². The van der Waals surface area contributed by atoms with Gasteiger partial charge in [0, 0.05) is 13.0 Å². The number of aliphatic carboxylic acids is 1. The summed E-state index contributed by atoms with van der Waals surface area (Å²) in [5, 5.41) is 12.6. The first-order valence-electron chi connectivity index (χ1n) is 12.3. The predicted octanol–water partition coefficient (Wildman–Crippen LogP) is 4.33. The van der Waals surface area contributed by atoms with Crippen LogP contribution in [0.2, 0.25) is 0 Å². The summed E-state index contributed by atoms with van der Waals surface area (Å²) in [4.78, 5) is 30.1. The second kappa shape index (κ2) is 10.5. The number of amides is 1. The summed E-state index contributed by atoms with van der Waals surface area (Å²) < 4.78 is 22.7. The van der Waals surface area contributed by atoms with Gasteiger partial charge in [0.15, 0.2) is 5.58 Å². The normalized spacial score (nSPS) is 17.7. The quantitative estimate of drug-likeness (QED) is 0.337. The van der Waals surface area contributed by atoms with Gasteiger partial charge >= 0.3 is 5.97 Å². The molecule has 196 valence electrons. The van der Waals surface area contributed by atoms with Crippen molar-refractivity contribution >= 4 is 23.0 Å². The highest BCUT2D eigenvalue weighted by atomic mass is 16.5. The maximum atomic E-state index is 13.5. The molecular formula is C29H28N2O7. The lowest BCUT2D eigenvalue weighted by Gasteiger charge is -2.26. The number of methoxy groups -OCH3 is 2. The number of carboxylic acids is 1. The first-order valence-corrected chi connectivity index (χ1v) is 12.3. The average molecular weight is 517 g/mol. The second-order valence-electron chi connectivity index (χ2n) is 9.07. The number of ether oxygens (including phenoxy) is 3. The summed E-state index contributed by atoms with van der Waals surface area (Å²) in [6.45, 7) is 0.345. The van der Waals surface area contributed by atoms with Gasteiger partial charge in [-0.1, -0.05) is 42.5 Å². The van der Waals surface area contributed by atoms with E-state index in [9.17, 15) is 14.7 Å². The Balaban J connectivity index is 1.37. The topological polar surface area (TPSA) is 120 Å². The number of oxazole rings is 1. The molecule has 2 atom stereocenters. The Labute approximate surface area is 219 Å². The van der Waals surface area contributed by atoms with E-state index in [1.165, 1.54) is 0 Å². The van der Waals surface area contributed by atoms with Crippen molar-refractivity contribution < 1.29 is 33.3 Å².